The van der Waals surface area contributed by atoms with E-state index in [2.05, 4.69) is 18.7 Å². The number of fused-ring (bicyclic) bond motifs is 1. The predicted molar refractivity (Wildman–Crippen MR) is 61.8 cm³/mol. The summed E-state index contributed by atoms with van der Waals surface area (Å²) in [5.41, 5.74) is 6.15. The maximum Gasteiger partial charge on any atom is 0.0730 e. The van der Waals surface area contributed by atoms with Gasteiger partial charge in [-0.3, -0.25) is 4.90 Å². The lowest BCUT2D eigenvalue weighted by atomic mass is 10.0. The Morgan fingerprint density at radius 3 is 2.93 bits per heavy atom. The van der Waals surface area contributed by atoms with Crippen molar-refractivity contribution >= 4 is 0 Å². The van der Waals surface area contributed by atoms with Gasteiger partial charge in [-0.2, -0.15) is 0 Å². The van der Waals surface area contributed by atoms with Gasteiger partial charge >= 0.3 is 0 Å². The van der Waals surface area contributed by atoms with Crippen LogP contribution in [0.4, 0.5) is 0 Å². The fraction of sp³-hybridized carbons (Fsp3) is 1.00. The molecule has 2 aliphatic rings. The SMILES string of the molecule is CC(C)C(N)CN1CCOC2CCCC21. The van der Waals surface area contributed by atoms with Crippen molar-refractivity contribution in [2.24, 2.45) is 11.7 Å². The number of nitrogens with zero attached hydrogens (tertiary/aromatic N) is 1. The van der Waals surface area contributed by atoms with Gasteiger partial charge in [-0.25, -0.2) is 0 Å². The third kappa shape index (κ3) is 2.52. The standard InChI is InChI=1S/C12H24N2O/c1-9(2)10(13)8-14-6-7-15-12-5-3-4-11(12)14/h9-12H,3-8,13H2,1-2H3. The summed E-state index contributed by atoms with van der Waals surface area (Å²) in [5.74, 6) is 0.577. The molecular weight excluding hydrogens is 188 g/mol. The highest BCUT2D eigenvalue weighted by Gasteiger charge is 2.36. The van der Waals surface area contributed by atoms with E-state index in [0.717, 1.165) is 19.7 Å². The predicted octanol–water partition coefficient (Wildman–Crippen LogP) is 1.22. The maximum absolute atomic E-state index is 6.15. The first-order valence-corrected chi connectivity index (χ1v) is 6.29. The van der Waals surface area contributed by atoms with Crippen LogP contribution in [0.25, 0.3) is 0 Å². The molecule has 1 saturated heterocycles. The molecule has 3 atom stereocenters. The van der Waals surface area contributed by atoms with Crippen molar-refractivity contribution in [3.63, 3.8) is 0 Å². The zero-order valence-corrected chi connectivity index (χ0v) is 9.98. The van der Waals surface area contributed by atoms with Crippen molar-refractivity contribution < 1.29 is 4.74 Å². The van der Waals surface area contributed by atoms with Gasteiger partial charge < -0.3 is 10.5 Å². The highest BCUT2D eigenvalue weighted by atomic mass is 16.5. The summed E-state index contributed by atoms with van der Waals surface area (Å²) in [7, 11) is 0. The summed E-state index contributed by atoms with van der Waals surface area (Å²) in [5, 5.41) is 0. The lowest BCUT2D eigenvalue weighted by Crippen LogP contribution is -2.53. The number of hydrogen-bond donors (Lipinski definition) is 1. The van der Waals surface area contributed by atoms with Gasteiger partial charge in [0, 0.05) is 25.2 Å². The van der Waals surface area contributed by atoms with Crippen LogP contribution in [0.5, 0.6) is 0 Å². The molecule has 3 heteroatoms. The van der Waals surface area contributed by atoms with Crippen LogP contribution in [0, 0.1) is 5.92 Å². The smallest absolute Gasteiger partial charge is 0.0730 e. The van der Waals surface area contributed by atoms with Crippen molar-refractivity contribution in [2.75, 3.05) is 19.7 Å². The average molecular weight is 212 g/mol. The minimum Gasteiger partial charge on any atom is -0.375 e. The van der Waals surface area contributed by atoms with Gasteiger partial charge in [-0.1, -0.05) is 13.8 Å². The first kappa shape index (κ1) is 11.4. The van der Waals surface area contributed by atoms with E-state index in [4.69, 9.17) is 10.5 Å². The van der Waals surface area contributed by atoms with Crippen molar-refractivity contribution in [3.05, 3.63) is 0 Å². The molecule has 1 heterocycles. The lowest BCUT2D eigenvalue weighted by Gasteiger charge is -2.39. The van der Waals surface area contributed by atoms with Crippen LogP contribution in [0.15, 0.2) is 0 Å². The van der Waals surface area contributed by atoms with Gasteiger partial charge in [0.05, 0.1) is 12.7 Å². The van der Waals surface area contributed by atoms with E-state index in [1.54, 1.807) is 0 Å². The Labute approximate surface area is 93.0 Å². The molecule has 0 radical (unpaired) electrons. The number of hydrogen-bond acceptors (Lipinski definition) is 3. The van der Waals surface area contributed by atoms with Crippen LogP contribution in [0.3, 0.4) is 0 Å². The molecule has 2 fully saturated rings. The first-order valence-electron chi connectivity index (χ1n) is 6.29. The normalized spacial score (nSPS) is 34.4. The van der Waals surface area contributed by atoms with Crippen LogP contribution in [0.1, 0.15) is 33.1 Å². The van der Waals surface area contributed by atoms with Gasteiger partial charge in [0.25, 0.3) is 0 Å². The zero-order valence-electron chi connectivity index (χ0n) is 9.98. The van der Waals surface area contributed by atoms with E-state index < -0.39 is 0 Å². The topological polar surface area (TPSA) is 38.5 Å². The van der Waals surface area contributed by atoms with Gasteiger partial charge in [0.1, 0.15) is 0 Å². The third-order valence-corrected chi connectivity index (χ3v) is 3.90. The monoisotopic (exact) mass is 212 g/mol. The van der Waals surface area contributed by atoms with Crippen LogP contribution < -0.4 is 5.73 Å². The molecular formula is C12H24N2O. The molecule has 88 valence electrons. The summed E-state index contributed by atoms with van der Waals surface area (Å²) in [4.78, 5) is 2.56. The summed E-state index contributed by atoms with van der Waals surface area (Å²) in [6.07, 6.45) is 4.37. The number of rotatable bonds is 3. The third-order valence-electron chi connectivity index (χ3n) is 3.90. The van der Waals surface area contributed by atoms with E-state index in [9.17, 15) is 0 Å². The van der Waals surface area contributed by atoms with E-state index in [0.29, 0.717) is 24.1 Å². The molecule has 0 spiro atoms. The van der Waals surface area contributed by atoms with Crippen molar-refractivity contribution in [1.29, 1.82) is 0 Å². The maximum atomic E-state index is 6.15. The molecule has 0 aromatic carbocycles. The van der Waals surface area contributed by atoms with Gasteiger partial charge in [0.2, 0.25) is 0 Å². The molecule has 3 unspecified atom stereocenters. The molecule has 0 aromatic rings. The highest BCUT2D eigenvalue weighted by Crippen LogP contribution is 2.29. The molecule has 1 aliphatic carbocycles. The van der Waals surface area contributed by atoms with Crippen LogP contribution in [-0.4, -0.2) is 42.8 Å². The molecule has 0 amide bonds. The fourth-order valence-corrected chi connectivity index (χ4v) is 2.71. The quantitative estimate of drug-likeness (QED) is 0.764. The molecule has 3 nitrogen and oxygen atoms in total. The van der Waals surface area contributed by atoms with E-state index in [1.807, 2.05) is 0 Å². The van der Waals surface area contributed by atoms with Crippen molar-refractivity contribution in [3.8, 4) is 0 Å². The molecule has 1 aliphatic heterocycles. The second-order valence-electron chi connectivity index (χ2n) is 5.31. The Kier molecular flexibility index (Phi) is 3.65. The molecule has 15 heavy (non-hydrogen) atoms. The Morgan fingerprint density at radius 2 is 2.20 bits per heavy atom. The second-order valence-corrected chi connectivity index (χ2v) is 5.31. The van der Waals surface area contributed by atoms with E-state index in [1.165, 1.54) is 19.3 Å². The zero-order chi connectivity index (χ0) is 10.8. The number of nitrogens with two attached hydrogens (primary N) is 1. The summed E-state index contributed by atoms with van der Waals surface area (Å²) < 4.78 is 5.79. The molecule has 2 N–H and O–H groups in total. The lowest BCUT2D eigenvalue weighted by molar-refractivity contribution is -0.0582. The molecule has 1 saturated carbocycles. The second kappa shape index (κ2) is 4.81. The molecule has 2 rings (SSSR count). The Balaban J connectivity index is 1.90. The Morgan fingerprint density at radius 1 is 1.40 bits per heavy atom. The minimum absolute atomic E-state index is 0.310. The largest absolute Gasteiger partial charge is 0.375 e. The van der Waals surface area contributed by atoms with Crippen molar-refractivity contribution in [1.82, 2.24) is 4.90 Å². The Bertz CT molecular complexity index is 208. The number of ether oxygens (including phenoxy) is 1. The van der Waals surface area contributed by atoms with Crippen LogP contribution >= 0.6 is 0 Å². The summed E-state index contributed by atoms with van der Waals surface area (Å²) in [6, 6.07) is 0.966. The minimum atomic E-state index is 0.310. The van der Waals surface area contributed by atoms with E-state index in [-0.39, 0.29) is 0 Å². The molecule has 0 aromatic heterocycles. The summed E-state index contributed by atoms with van der Waals surface area (Å²) in [6.45, 7) is 7.42. The molecule has 0 bridgehead atoms. The van der Waals surface area contributed by atoms with Gasteiger partial charge in [-0.15, -0.1) is 0 Å². The number of morpholine rings is 1. The average Bonchev–Trinajstić information content (AvgIpc) is 2.66. The van der Waals surface area contributed by atoms with E-state index >= 15 is 0 Å². The van der Waals surface area contributed by atoms with Crippen LogP contribution in [-0.2, 0) is 4.74 Å². The highest BCUT2D eigenvalue weighted by molar-refractivity contribution is 4.90. The van der Waals surface area contributed by atoms with Crippen molar-refractivity contribution in [2.45, 2.75) is 51.3 Å². The fourth-order valence-electron chi connectivity index (χ4n) is 2.71. The summed E-state index contributed by atoms with van der Waals surface area (Å²) >= 11 is 0. The van der Waals surface area contributed by atoms with Gasteiger partial charge in [-0.05, 0) is 25.2 Å². The Hall–Kier alpha value is -0.120. The van der Waals surface area contributed by atoms with Crippen LogP contribution in [0.2, 0.25) is 0 Å². The first-order chi connectivity index (χ1) is 7.18. The van der Waals surface area contributed by atoms with Gasteiger partial charge in [0.15, 0.2) is 0 Å².